The van der Waals surface area contributed by atoms with Crippen molar-refractivity contribution in [2.45, 2.75) is 13.8 Å². The maximum Gasteiger partial charge on any atom is 0.354 e. The molecule has 0 aliphatic carbocycles. The second-order valence-corrected chi connectivity index (χ2v) is 3.31. The van der Waals surface area contributed by atoms with E-state index in [1.165, 1.54) is 19.4 Å². The molecule has 1 aromatic rings. The third kappa shape index (κ3) is 2.02. The van der Waals surface area contributed by atoms with Crippen LogP contribution in [0.4, 0.5) is 0 Å². The highest BCUT2D eigenvalue weighted by atomic mass is 16.5. The number of rotatable bonds is 3. The minimum Gasteiger partial charge on any atom is -0.464 e. The summed E-state index contributed by atoms with van der Waals surface area (Å²) >= 11 is 0. The van der Waals surface area contributed by atoms with Crippen LogP contribution in [0, 0.1) is 5.92 Å². The molecule has 4 heteroatoms. The van der Waals surface area contributed by atoms with Crippen LogP contribution in [-0.2, 0) is 4.74 Å². The molecule has 0 aliphatic heterocycles. The predicted molar refractivity (Wildman–Crippen MR) is 51.3 cm³/mol. The molecule has 0 radical (unpaired) electrons. The monoisotopic (exact) mass is 195 g/mol. The van der Waals surface area contributed by atoms with Gasteiger partial charge in [0.1, 0.15) is 5.69 Å². The lowest BCUT2D eigenvalue weighted by molar-refractivity contribution is 0.0595. The Bertz CT molecular complexity index is 352. The van der Waals surface area contributed by atoms with Crippen molar-refractivity contribution in [2.24, 2.45) is 5.92 Å². The van der Waals surface area contributed by atoms with Gasteiger partial charge in [-0.2, -0.15) is 0 Å². The molecule has 0 bridgehead atoms. The van der Waals surface area contributed by atoms with Crippen LogP contribution in [0.15, 0.2) is 12.3 Å². The van der Waals surface area contributed by atoms with Crippen LogP contribution < -0.4 is 0 Å². The molecule has 14 heavy (non-hydrogen) atoms. The number of hydrogen-bond acceptors (Lipinski definition) is 3. The molecule has 0 saturated heterocycles. The molecule has 0 aliphatic rings. The first-order valence-electron chi connectivity index (χ1n) is 4.37. The zero-order chi connectivity index (χ0) is 10.7. The standard InChI is InChI=1S/C10H13NO3/c1-6(2)9(12)7-4-8(11-5-7)10(13)14-3/h4-6,11H,1-3H3. The van der Waals surface area contributed by atoms with Crippen molar-refractivity contribution in [3.05, 3.63) is 23.5 Å². The topological polar surface area (TPSA) is 59.2 Å². The summed E-state index contributed by atoms with van der Waals surface area (Å²) in [5.41, 5.74) is 0.817. The normalized spacial score (nSPS) is 10.3. The van der Waals surface area contributed by atoms with Crippen LogP contribution in [0.25, 0.3) is 0 Å². The average molecular weight is 195 g/mol. The van der Waals surface area contributed by atoms with Gasteiger partial charge in [-0.05, 0) is 6.07 Å². The number of ether oxygens (including phenoxy) is 1. The molecule has 1 aromatic heterocycles. The van der Waals surface area contributed by atoms with E-state index in [1.54, 1.807) is 0 Å². The zero-order valence-corrected chi connectivity index (χ0v) is 8.46. The number of H-pyrrole nitrogens is 1. The molecule has 1 rings (SSSR count). The van der Waals surface area contributed by atoms with Crippen LogP contribution in [0.5, 0.6) is 0 Å². The van der Waals surface area contributed by atoms with Gasteiger partial charge in [0, 0.05) is 17.7 Å². The van der Waals surface area contributed by atoms with Crippen molar-refractivity contribution in [2.75, 3.05) is 7.11 Å². The SMILES string of the molecule is COC(=O)c1cc(C(=O)C(C)C)c[nH]1. The second-order valence-electron chi connectivity index (χ2n) is 3.31. The third-order valence-corrected chi connectivity index (χ3v) is 1.90. The van der Waals surface area contributed by atoms with E-state index in [4.69, 9.17) is 0 Å². The number of nitrogens with one attached hydrogen (secondary N) is 1. The number of Topliss-reactive ketones (excluding diaryl/α,β-unsaturated/α-hetero) is 1. The summed E-state index contributed by atoms with van der Waals surface area (Å²) in [5, 5.41) is 0. The van der Waals surface area contributed by atoms with Gasteiger partial charge in [-0.1, -0.05) is 13.8 Å². The summed E-state index contributed by atoms with van der Waals surface area (Å²) in [6.07, 6.45) is 1.52. The molecule has 76 valence electrons. The summed E-state index contributed by atoms with van der Waals surface area (Å²) in [7, 11) is 1.30. The molecule has 0 unspecified atom stereocenters. The number of carbonyl (C=O) groups excluding carboxylic acids is 2. The average Bonchev–Trinajstić information content (AvgIpc) is 2.64. The first kappa shape index (κ1) is 10.5. The van der Waals surface area contributed by atoms with Crippen LogP contribution in [0.1, 0.15) is 34.7 Å². The Labute approximate surface area is 82.3 Å². The Hall–Kier alpha value is -1.58. The van der Waals surface area contributed by atoms with Crippen LogP contribution in [-0.4, -0.2) is 23.8 Å². The quantitative estimate of drug-likeness (QED) is 0.589. The first-order chi connectivity index (χ1) is 6.56. The van der Waals surface area contributed by atoms with Crippen LogP contribution in [0.3, 0.4) is 0 Å². The van der Waals surface area contributed by atoms with E-state index in [9.17, 15) is 9.59 Å². The largest absolute Gasteiger partial charge is 0.464 e. The predicted octanol–water partition coefficient (Wildman–Crippen LogP) is 1.64. The highest BCUT2D eigenvalue weighted by Gasteiger charge is 2.15. The highest BCUT2D eigenvalue weighted by molar-refractivity contribution is 5.99. The van der Waals surface area contributed by atoms with Crippen molar-refractivity contribution in [1.29, 1.82) is 0 Å². The molecular weight excluding hydrogens is 182 g/mol. The molecule has 0 atom stereocenters. The number of hydrogen-bond donors (Lipinski definition) is 1. The Balaban J connectivity index is 2.88. The van der Waals surface area contributed by atoms with E-state index < -0.39 is 5.97 Å². The first-order valence-corrected chi connectivity index (χ1v) is 4.37. The van der Waals surface area contributed by atoms with Crippen molar-refractivity contribution in [3.63, 3.8) is 0 Å². The minimum absolute atomic E-state index is 0.0106. The van der Waals surface area contributed by atoms with Gasteiger partial charge in [-0.25, -0.2) is 4.79 Å². The van der Waals surface area contributed by atoms with Gasteiger partial charge in [-0.15, -0.1) is 0 Å². The van der Waals surface area contributed by atoms with Crippen molar-refractivity contribution >= 4 is 11.8 Å². The maximum absolute atomic E-state index is 11.5. The summed E-state index contributed by atoms with van der Waals surface area (Å²) in [6.45, 7) is 3.63. The molecule has 4 nitrogen and oxygen atoms in total. The Morgan fingerprint density at radius 1 is 1.43 bits per heavy atom. The summed E-state index contributed by atoms with van der Waals surface area (Å²) in [4.78, 5) is 25.2. The lowest BCUT2D eigenvalue weighted by atomic mass is 10.0. The number of methoxy groups -OCH3 is 1. The molecule has 0 amide bonds. The van der Waals surface area contributed by atoms with Crippen molar-refractivity contribution in [3.8, 4) is 0 Å². The van der Waals surface area contributed by atoms with E-state index in [-0.39, 0.29) is 11.7 Å². The Morgan fingerprint density at radius 3 is 2.57 bits per heavy atom. The van der Waals surface area contributed by atoms with Gasteiger partial charge < -0.3 is 9.72 Å². The molecule has 0 fully saturated rings. The van der Waals surface area contributed by atoms with E-state index in [1.807, 2.05) is 13.8 Å². The van der Waals surface area contributed by atoms with Crippen LogP contribution in [0.2, 0.25) is 0 Å². The summed E-state index contributed by atoms with van der Waals surface area (Å²) in [5.74, 6) is -0.527. The number of ketones is 1. The second kappa shape index (κ2) is 4.09. The molecule has 1 N–H and O–H groups in total. The third-order valence-electron chi connectivity index (χ3n) is 1.90. The number of carbonyl (C=O) groups is 2. The van der Waals surface area contributed by atoms with Crippen molar-refractivity contribution < 1.29 is 14.3 Å². The van der Waals surface area contributed by atoms with E-state index in [2.05, 4.69) is 9.72 Å². The van der Waals surface area contributed by atoms with E-state index >= 15 is 0 Å². The summed E-state index contributed by atoms with van der Waals surface area (Å²) < 4.78 is 4.51. The van der Waals surface area contributed by atoms with Gasteiger partial charge >= 0.3 is 5.97 Å². The fourth-order valence-corrected chi connectivity index (χ4v) is 1.10. The van der Waals surface area contributed by atoms with Gasteiger partial charge in [-0.3, -0.25) is 4.79 Å². The minimum atomic E-state index is -0.465. The lowest BCUT2D eigenvalue weighted by Crippen LogP contribution is -2.06. The Kier molecular flexibility index (Phi) is 3.06. The fraction of sp³-hybridized carbons (Fsp3) is 0.400. The fourth-order valence-electron chi connectivity index (χ4n) is 1.10. The number of aromatic amines is 1. The van der Waals surface area contributed by atoms with Gasteiger partial charge in [0.05, 0.1) is 7.11 Å². The maximum atomic E-state index is 11.5. The van der Waals surface area contributed by atoms with Gasteiger partial charge in [0.25, 0.3) is 0 Å². The zero-order valence-electron chi connectivity index (χ0n) is 8.46. The molecule has 1 heterocycles. The molecule has 0 spiro atoms. The number of aromatic nitrogens is 1. The van der Waals surface area contributed by atoms with E-state index in [0.29, 0.717) is 11.3 Å². The molecular formula is C10H13NO3. The van der Waals surface area contributed by atoms with Gasteiger partial charge in [0.15, 0.2) is 5.78 Å². The van der Waals surface area contributed by atoms with Crippen molar-refractivity contribution in [1.82, 2.24) is 4.98 Å². The summed E-state index contributed by atoms with van der Waals surface area (Å²) in [6, 6.07) is 1.51. The van der Waals surface area contributed by atoms with E-state index in [0.717, 1.165) is 0 Å². The smallest absolute Gasteiger partial charge is 0.354 e. The van der Waals surface area contributed by atoms with Crippen LogP contribution >= 0.6 is 0 Å². The Morgan fingerprint density at radius 2 is 2.07 bits per heavy atom. The highest BCUT2D eigenvalue weighted by Crippen LogP contribution is 2.10. The molecule has 0 aromatic carbocycles. The van der Waals surface area contributed by atoms with Gasteiger partial charge in [0.2, 0.25) is 0 Å². The molecule has 0 saturated carbocycles. The lowest BCUT2D eigenvalue weighted by Gasteiger charge is -1.98. The number of esters is 1.